The number of fused-ring (bicyclic) bond motifs is 1. The van der Waals surface area contributed by atoms with Crippen molar-refractivity contribution in [2.75, 3.05) is 20.3 Å². The third kappa shape index (κ3) is 1.28. The summed E-state index contributed by atoms with van der Waals surface area (Å²) in [6.45, 7) is 3.18. The Balaban J connectivity index is 1.94. The topological polar surface area (TPSA) is 53.3 Å². The summed E-state index contributed by atoms with van der Waals surface area (Å²) in [6.07, 6.45) is 0. The number of ether oxygens (including phenoxy) is 1. The van der Waals surface area contributed by atoms with Crippen LogP contribution in [0.4, 0.5) is 0 Å². The molecule has 1 saturated heterocycles. The standard InChI is InChI=1S/C10H14N2O2/c1-6(3-11)12(2)10(13)9-7-4-14-5-8(7)9/h6-9H,4-5H2,1-2H3. The summed E-state index contributed by atoms with van der Waals surface area (Å²) in [4.78, 5) is 13.4. The molecular weight excluding hydrogens is 180 g/mol. The Kier molecular flexibility index (Phi) is 2.20. The van der Waals surface area contributed by atoms with Crippen molar-refractivity contribution in [3.05, 3.63) is 0 Å². The third-order valence-electron chi connectivity index (χ3n) is 3.35. The van der Waals surface area contributed by atoms with Gasteiger partial charge in [0.05, 0.1) is 19.3 Å². The van der Waals surface area contributed by atoms with Crippen molar-refractivity contribution in [3.63, 3.8) is 0 Å². The minimum Gasteiger partial charge on any atom is -0.381 e. The average molecular weight is 194 g/mol. The highest BCUT2D eigenvalue weighted by molar-refractivity contribution is 5.82. The van der Waals surface area contributed by atoms with E-state index in [1.165, 1.54) is 0 Å². The van der Waals surface area contributed by atoms with Crippen LogP contribution in [0.3, 0.4) is 0 Å². The number of nitrogens with zero attached hydrogens (tertiary/aromatic N) is 2. The van der Waals surface area contributed by atoms with Gasteiger partial charge in [0.25, 0.3) is 0 Å². The van der Waals surface area contributed by atoms with Crippen molar-refractivity contribution in [2.45, 2.75) is 13.0 Å². The van der Waals surface area contributed by atoms with Gasteiger partial charge >= 0.3 is 0 Å². The maximum atomic E-state index is 11.8. The number of hydrogen-bond donors (Lipinski definition) is 0. The zero-order valence-electron chi connectivity index (χ0n) is 8.43. The Morgan fingerprint density at radius 3 is 2.64 bits per heavy atom. The number of carbonyl (C=O) groups is 1. The monoisotopic (exact) mass is 194 g/mol. The fourth-order valence-corrected chi connectivity index (χ4v) is 2.12. The van der Waals surface area contributed by atoms with E-state index in [0.29, 0.717) is 11.8 Å². The molecule has 1 amide bonds. The summed E-state index contributed by atoms with van der Waals surface area (Å²) in [7, 11) is 1.70. The van der Waals surface area contributed by atoms with Gasteiger partial charge in [0.2, 0.25) is 5.91 Å². The van der Waals surface area contributed by atoms with Crippen LogP contribution in [0.2, 0.25) is 0 Å². The number of nitriles is 1. The van der Waals surface area contributed by atoms with Crippen LogP contribution in [-0.2, 0) is 9.53 Å². The summed E-state index contributed by atoms with van der Waals surface area (Å²) in [5, 5.41) is 8.69. The summed E-state index contributed by atoms with van der Waals surface area (Å²) in [5.74, 6) is 1.09. The lowest BCUT2D eigenvalue weighted by molar-refractivity contribution is -0.133. The summed E-state index contributed by atoms with van der Waals surface area (Å²) in [6, 6.07) is 1.74. The van der Waals surface area contributed by atoms with E-state index in [0.717, 1.165) is 13.2 Å². The average Bonchev–Trinajstić information content (AvgIpc) is 2.68. The van der Waals surface area contributed by atoms with Gasteiger partial charge in [-0.3, -0.25) is 4.79 Å². The quantitative estimate of drug-likeness (QED) is 0.633. The molecule has 0 N–H and O–H groups in total. The Hall–Kier alpha value is -1.08. The van der Waals surface area contributed by atoms with Crippen molar-refractivity contribution in [2.24, 2.45) is 17.8 Å². The summed E-state index contributed by atoms with van der Waals surface area (Å²) in [5.41, 5.74) is 0. The maximum Gasteiger partial charge on any atom is 0.227 e. The van der Waals surface area contributed by atoms with E-state index in [-0.39, 0.29) is 17.9 Å². The molecule has 3 unspecified atom stereocenters. The molecule has 0 spiro atoms. The predicted octanol–water partition coefficient (Wildman–Crippen LogP) is 0.249. The molecule has 1 saturated carbocycles. The van der Waals surface area contributed by atoms with Gasteiger partial charge < -0.3 is 9.64 Å². The fraction of sp³-hybridized carbons (Fsp3) is 0.800. The summed E-state index contributed by atoms with van der Waals surface area (Å²) >= 11 is 0. The van der Waals surface area contributed by atoms with Crippen LogP contribution in [0, 0.1) is 29.1 Å². The van der Waals surface area contributed by atoms with Crippen molar-refractivity contribution < 1.29 is 9.53 Å². The van der Waals surface area contributed by atoms with Crippen LogP contribution in [-0.4, -0.2) is 37.1 Å². The molecule has 0 aromatic carbocycles. The van der Waals surface area contributed by atoms with E-state index in [2.05, 4.69) is 6.07 Å². The lowest BCUT2D eigenvalue weighted by Gasteiger charge is -2.20. The zero-order valence-corrected chi connectivity index (χ0v) is 8.43. The molecule has 0 aromatic heterocycles. The number of hydrogen-bond acceptors (Lipinski definition) is 3. The first-order chi connectivity index (χ1) is 6.66. The van der Waals surface area contributed by atoms with Crippen molar-refractivity contribution in [3.8, 4) is 6.07 Å². The fourth-order valence-electron chi connectivity index (χ4n) is 2.12. The highest BCUT2D eigenvalue weighted by atomic mass is 16.5. The second-order valence-corrected chi connectivity index (χ2v) is 4.15. The molecule has 0 bridgehead atoms. The molecular formula is C10H14N2O2. The first-order valence-electron chi connectivity index (χ1n) is 4.91. The lowest BCUT2D eigenvalue weighted by Crippen LogP contribution is -2.36. The molecule has 14 heavy (non-hydrogen) atoms. The van der Waals surface area contributed by atoms with Crippen molar-refractivity contribution >= 4 is 5.91 Å². The van der Waals surface area contributed by atoms with Gasteiger partial charge in [-0.1, -0.05) is 0 Å². The second kappa shape index (κ2) is 3.25. The smallest absolute Gasteiger partial charge is 0.227 e. The zero-order chi connectivity index (χ0) is 10.3. The van der Waals surface area contributed by atoms with E-state index in [1.54, 1.807) is 18.9 Å². The first-order valence-corrected chi connectivity index (χ1v) is 4.91. The molecule has 2 aliphatic rings. The van der Waals surface area contributed by atoms with E-state index in [1.807, 2.05) is 0 Å². The largest absolute Gasteiger partial charge is 0.381 e. The van der Waals surface area contributed by atoms with Crippen LogP contribution in [0.5, 0.6) is 0 Å². The second-order valence-electron chi connectivity index (χ2n) is 4.15. The number of carbonyl (C=O) groups excluding carboxylic acids is 1. The van der Waals surface area contributed by atoms with Gasteiger partial charge in [0.15, 0.2) is 0 Å². The van der Waals surface area contributed by atoms with E-state index in [9.17, 15) is 4.79 Å². The minimum absolute atomic E-state index is 0.109. The van der Waals surface area contributed by atoms with Gasteiger partial charge in [-0.15, -0.1) is 0 Å². The van der Waals surface area contributed by atoms with Crippen LogP contribution in [0.15, 0.2) is 0 Å². The van der Waals surface area contributed by atoms with Gasteiger partial charge in [-0.2, -0.15) is 5.26 Å². The molecule has 76 valence electrons. The SMILES string of the molecule is CC(C#N)N(C)C(=O)C1C2COCC21. The third-order valence-corrected chi connectivity index (χ3v) is 3.35. The Bertz CT molecular complexity index is 287. The van der Waals surface area contributed by atoms with Crippen molar-refractivity contribution in [1.82, 2.24) is 4.90 Å². The molecule has 2 fully saturated rings. The van der Waals surface area contributed by atoms with E-state index >= 15 is 0 Å². The van der Waals surface area contributed by atoms with Crippen LogP contribution >= 0.6 is 0 Å². The maximum absolute atomic E-state index is 11.8. The Morgan fingerprint density at radius 2 is 2.14 bits per heavy atom. The Morgan fingerprint density at radius 1 is 1.57 bits per heavy atom. The molecule has 3 atom stereocenters. The highest BCUT2D eigenvalue weighted by Crippen LogP contribution is 2.51. The van der Waals surface area contributed by atoms with E-state index < -0.39 is 0 Å². The number of rotatable bonds is 2. The predicted molar refractivity (Wildman–Crippen MR) is 49.1 cm³/mol. The molecule has 1 aliphatic carbocycles. The van der Waals surface area contributed by atoms with Crippen molar-refractivity contribution in [1.29, 1.82) is 5.26 Å². The van der Waals surface area contributed by atoms with Gasteiger partial charge in [-0.25, -0.2) is 0 Å². The van der Waals surface area contributed by atoms with Crippen LogP contribution in [0.25, 0.3) is 0 Å². The summed E-state index contributed by atoms with van der Waals surface area (Å²) < 4.78 is 5.22. The highest BCUT2D eigenvalue weighted by Gasteiger charge is 2.58. The minimum atomic E-state index is -0.329. The molecule has 1 heterocycles. The van der Waals surface area contributed by atoms with Crippen LogP contribution < -0.4 is 0 Å². The molecule has 4 nitrogen and oxygen atoms in total. The molecule has 1 aliphatic heterocycles. The van der Waals surface area contributed by atoms with Gasteiger partial charge in [0.1, 0.15) is 6.04 Å². The molecule has 4 heteroatoms. The first kappa shape index (κ1) is 9.47. The Labute approximate surface area is 83.4 Å². The van der Waals surface area contributed by atoms with E-state index in [4.69, 9.17) is 10.00 Å². The molecule has 0 radical (unpaired) electrons. The molecule has 2 rings (SSSR count). The van der Waals surface area contributed by atoms with Crippen LogP contribution in [0.1, 0.15) is 6.92 Å². The normalized spacial score (nSPS) is 35.6. The lowest BCUT2D eigenvalue weighted by atomic mass is 10.2. The van der Waals surface area contributed by atoms with Gasteiger partial charge in [-0.05, 0) is 18.8 Å². The number of amides is 1. The molecule has 0 aromatic rings. The van der Waals surface area contributed by atoms with Gasteiger partial charge in [0, 0.05) is 13.0 Å².